The van der Waals surface area contributed by atoms with Gasteiger partial charge in [0.2, 0.25) is 0 Å². The molecule has 21 heavy (non-hydrogen) atoms. The van der Waals surface area contributed by atoms with E-state index in [9.17, 15) is 0 Å². The van der Waals surface area contributed by atoms with Gasteiger partial charge in [0.1, 0.15) is 0 Å². The van der Waals surface area contributed by atoms with E-state index >= 15 is 0 Å². The molecular formula is C14H13ClN4S2. The van der Waals surface area contributed by atoms with Crippen LogP contribution in [0.1, 0.15) is 17.5 Å². The lowest BCUT2D eigenvalue weighted by atomic mass is 9.88. The molecule has 2 N–H and O–H groups in total. The molecule has 1 atom stereocenters. The van der Waals surface area contributed by atoms with Gasteiger partial charge in [-0.05, 0) is 54.5 Å². The van der Waals surface area contributed by atoms with E-state index in [0.29, 0.717) is 6.04 Å². The third kappa shape index (κ3) is 2.68. The lowest BCUT2D eigenvalue weighted by Gasteiger charge is -2.24. The zero-order chi connectivity index (χ0) is 14.2. The monoisotopic (exact) mass is 336 g/mol. The van der Waals surface area contributed by atoms with Crippen molar-refractivity contribution in [3.05, 3.63) is 40.0 Å². The summed E-state index contributed by atoms with van der Waals surface area (Å²) in [5, 5.41) is 8.20. The minimum atomic E-state index is 0.467. The molecule has 0 saturated carbocycles. The van der Waals surface area contributed by atoms with Crippen molar-refractivity contribution in [2.24, 2.45) is 0 Å². The lowest BCUT2D eigenvalue weighted by molar-refractivity contribution is 0.547. The van der Waals surface area contributed by atoms with E-state index < -0.39 is 0 Å². The van der Waals surface area contributed by atoms with E-state index in [-0.39, 0.29) is 0 Å². The smallest absolute Gasteiger partial charge is 0.155 e. The number of fused-ring (bicyclic) bond motifs is 3. The highest BCUT2D eigenvalue weighted by Gasteiger charge is 2.21. The van der Waals surface area contributed by atoms with Crippen molar-refractivity contribution in [1.82, 2.24) is 19.9 Å². The van der Waals surface area contributed by atoms with E-state index in [1.807, 2.05) is 18.5 Å². The molecule has 0 aromatic carbocycles. The van der Waals surface area contributed by atoms with Crippen LogP contribution in [0.3, 0.4) is 0 Å². The second-order valence-corrected chi connectivity index (χ2v) is 7.97. The van der Waals surface area contributed by atoms with E-state index in [4.69, 9.17) is 11.6 Å². The third-order valence-electron chi connectivity index (χ3n) is 3.77. The number of rotatable bonds is 3. The van der Waals surface area contributed by atoms with Crippen LogP contribution in [0, 0.1) is 0 Å². The molecule has 4 rings (SSSR count). The van der Waals surface area contributed by atoms with Crippen molar-refractivity contribution < 1.29 is 0 Å². The van der Waals surface area contributed by atoms with Gasteiger partial charge < -0.3 is 0 Å². The van der Waals surface area contributed by atoms with Gasteiger partial charge in [-0.3, -0.25) is 9.82 Å². The molecule has 1 aliphatic carbocycles. The zero-order valence-electron chi connectivity index (χ0n) is 11.1. The number of aromatic amines is 1. The average Bonchev–Trinajstić information content (AvgIpc) is 3.13. The number of nitrogens with zero attached hydrogens (tertiary/aromatic N) is 2. The van der Waals surface area contributed by atoms with Crippen LogP contribution in [-0.2, 0) is 12.8 Å². The SMILES string of the molecule is Clc1ccc(SNC2CCc3c(cnc4[nH]ncc34)C2)s1. The highest BCUT2D eigenvalue weighted by atomic mass is 35.5. The van der Waals surface area contributed by atoms with Gasteiger partial charge in [-0.2, -0.15) is 5.10 Å². The van der Waals surface area contributed by atoms with Crippen molar-refractivity contribution in [1.29, 1.82) is 0 Å². The fourth-order valence-corrected chi connectivity index (χ4v) is 4.86. The van der Waals surface area contributed by atoms with Crippen molar-refractivity contribution in [2.75, 3.05) is 0 Å². The molecule has 3 aromatic rings. The highest BCUT2D eigenvalue weighted by Crippen LogP contribution is 2.31. The maximum atomic E-state index is 5.95. The summed E-state index contributed by atoms with van der Waals surface area (Å²) in [6, 6.07) is 4.46. The van der Waals surface area contributed by atoms with Crippen molar-refractivity contribution in [3.8, 4) is 0 Å². The van der Waals surface area contributed by atoms with Gasteiger partial charge in [-0.25, -0.2) is 4.98 Å². The molecule has 4 nitrogen and oxygen atoms in total. The number of hydrogen-bond acceptors (Lipinski definition) is 5. The summed E-state index contributed by atoms with van der Waals surface area (Å²) in [7, 11) is 0. The molecular weight excluding hydrogens is 324 g/mol. The summed E-state index contributed by atoms with van der Waals surface area (Å²) in [5.41, 5.74) is 3.62. The van der Waals surface area contributed by atoms with Crippen molar-refractivity contribution >= 4 is 45.9 Å². The van der Waals surface area contributed by atoms with Gasteiger partial charge in [0, 0.05) is 17.6 Å². The van der Waals surface area contributed by atoms with E-state index in [1.165, 1.54) is 20.7 Å². The van der Waals surface area contributed by atoms with Crippen molar-refractivity contribution in [2.45, 2.75) is 29.5 Å². The summed E-state index contributed by atoms with van der Waals surface area (Å²) in [6.07, 6.45) is 7.07. The van der Waals surface area contributed by atoms with Gasteiger partial charge >= 0.3 is 0 Å². The Labute approximate surface area is 135 Å². The van der Waals surface area contributed by atoms with Crippen LogP contribution in [0.2, 0.25) is 4.34 Å². The molecule has 108 valence electrons. The van der Waals surface area contributed by atoms with Crippen LogP contribution in [0.25, 0.3) is 11.0 Å². The first-order valence-corrected chi connectivity index (χ1v) is 8.78. The largest absolute Gasteiger partial charge is 0.261 e. The van der Waals surface area contributed by atoms with E-state index in [2.05, 4.69) is 26.0 Å². The van der Waals surface area contributed by atoms with Gasteiger partial charge in [0.05, 0.1) is 14.7 Å². The van der Waals surface area contributed by atoms with Gasteiger partial charge in [0.25, 0.3) is 0 Å². The summed E-state index contributed by atoms with van der Waals surface area (Å²) < 4.78 is 5.59. The van der Waals surface area contributed by atoms with Gasteiger partial charge in [0.15, 0.2) is 5.65 Å². The minimum Gasteiger partial charge on any atom is -0.261 e. The van der Waals surface area contributed by atoms with Gasteiger partial charge in [-0.15, -0.1) is 11.3 Å². The van der Waals surface area contributed by atoms with Crippen LogP contribution in [0.5, 0.6) is 0 Å². The molecule has 0 amide bonds. The topological polar surface area (TPSA) is 53.6 Å². The summed E-state index contributed by atoms with van der Waals surface area (Å²) in [4.78, 5) is 4.44. The zero-order valence-corrected chi connectivity index (χ0v) is 13.5. The lowest BCUT2D eigenvalue weighted by Crippen LogP contribution is -2.30. The Bertz CT molecular complexity index is 782. The second-order valence-electron chi connectivity index (χ2n) is 5.11. The summed E-state index contributed by atoms with van der Waals surface area (Å²) in [5.74, 6) is 0. The highest BCUT2D eigenvalue weighted by molar-refractivity contribution is 7.99. The number of hydrogen-bond donors (Lipinski definition) is 2. The molecule has 3 heterocycles. The average molecular weight is 337 g/mol. The second kappa shape index (κ2) is 5.61. The number of pyridine rings is 1. The molecule has 0 radical (unpaired) electrons. The molecule has 0 spiro atoms. The molecule has 0 bridgehead atoms. The van der Waals surface area contributed by atoms with Crippen LogP contribution in [0.15, 0.2) is 28.7 Å². The number of aryl methyl sites for hydroxylation is 1. The molecule has 1 unspecified atom stereocenters. The Morgan fingerprint density at radius 2 is 2.33 bits per heavy atom. The maximum absolute atomic E-state index is 5.95. The van der Waals surface area contributed by atoms with Crippen LogP contribution in [0.4, 0.5) is 0 Å². The Morgan fingerprint density at radius 1 is 1.38 bits per heavy atom. The van der Waals surface area contributed by atoms with Crippen LogP contribution in [-0.4, -0.2) is 21.2 Å². The standard InChI is InChI=1S/C14H13ClN4S2/c15-12-3-4-13(20-12)21-19-9-1-2-10-8(5-9)6-16-14-11(10)7-17-18-14/h3-4,6-7,9,19H,1-2,5H2,(H,16,17,18). The Kier molecular flexibility index (Phi) is 3.62. The maximum Gasteiger partial charge on any atom is 0.155 e. The normalized spacial score (nSPS) is 18.0. The third-order valence-corrected chi connectivity index (χ3v) is 6.08. The first-order valence-electron chi connectivity index (χ1n) is 6.77. The fourth-order valence-electron chi connectivity index (χ4n) is 2.74. The predicted octanol–water partition coefficient (Wildman–Crippen LogP) is 3.83. The molecule has 7 heteroatoms. The Hall–Kier alpha value is -1.08. The van der Waals surface area contributed by atoms with E-state index in [0.717, 1.165) is 29.2 Å². The minimum absolute atomic E-state index is 0.467. The number of thiophene rings is 1. The quantitative estimate of drug-likeness (QED) is 0.714. The van der Waals surface area contributed by atoms with Crippen molar-refractivity contribution in [3.63, 3.8) is 0 Å². The summed E-state index contributed by atoms with van der Waals surface area (Å²) in [6.45, 7) is 0. The van der Waals surface area contributed by atoms with Crippen LogP contribution < -0.4 is 4.72 Å². The predicted molar refractivity (Wildman–Crippen MR) is 88.0 cm³/mol. The first-order chi connectivity index (χ1) is 10.3. The number of aromatic nitrogens is 3. The Balaban J connectivity index is 1.48. The molecule has 0 fully saturated rings. The molecule has 3 aromatic heterocycles. The molecule has 0 saturated heterocycles. The van der Waals surface area contributed by atoms with E-state index in [1.54, 1.807) is 23.3 Å². The fraction of sp³-hybridized carbons (Fsp3) is 0.286. The van der Waals surface area contributed by atoms with Gasteiger partial charge in [-0.1, -0.05) is 11.6 Å². The van der Waals surface area contributed by atoms with Crippen LogP contribution >= 0.6 is 34.9 Å². The Morgan fingerprint density at radius 3 is 3.19 bits per heavy atom. The molecule has 1 aliphatic rings. The number of halogens is 1. The number of nitrogens with one attached hydrogen (secondary N) is 2. The first kappa shape index (κ1) is 13.6. The molecule has 0 aliphatic heterocycles. The summed E-state index contributed by atoms with van der Waals surface area (Å²) >= 11 is 9.23. The number of H-pyrrole nitrogens is 1.